The smallest absolute Gasteiger partial charge is 0.366 e. The van der Waals surface area contributed by atoms with Crippen molar-refractivity contribution in [2.45, 2.75) is 6.18 Å². The fraction of sp³-hybridized carbons (Fsp3) is 0.100. The molecule has 0 aliphatic rings. The van der Waals surface area contributed by atoms with Gasteiger partial charge in [0.2, 0.25) is 5.91 Å². The maximum atomic E-state index is 11.7. The Morgan fingerprint density at radius 3 is 2.13 bits per heavy atom. The number of hydrogen-bond donors (Lipinski definition) is 1. The van der Waals surface area contributed by atoms with Crippen molar-refractivity contribution in [2.75, 3.05) is 0 Å². The van der Waals surface area contributed by atoms with Crippen molar-refractivity contribution in [3.05, 3.63) is 35.4 Å². The van der Waals surface area contributed by atoms with E-state index in [1.165, 1.54) is 24.3 Å². The van der Waals surface area contributed by atoms with Crippen molar-refractivity contribution in [1.82, 2.24) is 0 Å². The first-order valence-corrected chi connectivity index (χ1v) is 3.88. The highest BCUT2D eigenvalue weighted by molar-refractivity contribution is 5.92. The van der Waals surface area contributed by atoms with E-state index in [-0.39, 0.29) is 11.1 Å². The van der Waals surface area contributed by atoms with Crippen molar-refractivity contribution < 1.29 is 18.0 Å². The van der Waals surface area contributed by atoms with Crippen molar-refractivity contribution in [2.24, 2.45) is 5.73 Å². The maximum Gasteiger partial charge on any atom is 0.458 e. The van der Waals surface area contributed by atoms with Gasteiger partial charge in [0.05, 0.1) is 0 Å². The minimum Gasteiger partial charge on any atom is -0.366 e. The third-order valence-electron chi connectivity index (χ3n) is 1.52. The van der Waals surface area contributed by atoms with Crippen molar-refractivity contribution in [3.63, 3.8) is 0 Å². The summed E-state index contributed by atoms with van der Waals surface area (Å²) in [6, 6.07) is 5.25. The largest absolute Gasteiger partial charge is 0.458 e. The second kappa shape index (κ2) is 4.05. The van der Waals surface area contributed by atoms with Gasteiger partial charge in [-0.15, -0.1) is 0 Å². The molecule has 0 saturated heterocycles. The molecule has 0 aliphatic heterocycles. The third kappa shape index (κ3) is 3.73. The summed E-state index contributed by atoms with van der Waals surface area (Å²) in [4.78, 5) is 10.6. The highest BCUT2D eigenvalue weighted by Crippen LogP contribution is 2.12. The molecule has 0 spiro atoms. The first-order chi connectivity index (χ1) is 6.88. The van der Waals surface area contributed by atoms with Crippen LogP contribution in [-0.4, -0.2) is 12.1 Å². The van der Waals surface area contributed by atoms with E-state index in [9.17, 15) is 18.0 Å². The zero-order chi connectivity index (χ0) is 11.5. The number of halogens is 3. The molecule has 0 radical (unpaired) electrons. The SMILES string of the molecule is NC(=O)c1ccc(C#CC(F)(F)F)cc1. The minimum atomic E-state index is -4.51. The second-order valence-electron chi connectivity index (χ2n) is 2.69. The van der Waals surface area contributed by atoms with Crippen LogP contribution in [0.1, 0.15) is 15.9 Å². The predicted molar refractivity (Wildman–Crippen MR) is 47.9 cm³/mol. The number of carbonyl (C=O) groups excluding carboxylic acids is 1. The minimum absolute atomic E-state index is 0.178. The molecule has 1 amide bonds. The van der Waals surface area contributed by atoms with Crippen LogP contribution in [0.2, 0.25) is 0 Å². The molecule has 0 saturated carbocycles. The van der Waals surface area contributed by atoms with Gasteiger partial charge in [-0.05, 0) is 24.3 Å². The lowest BCUT2D eigenvalue weighted by molar-refractivity contribution is -0.0696. The van der Waals surface area contributed by atoms with Gasteiger partial charge in [-0.1, -0.05) is 5.92 Å². The molecule has 0 aromatic heterocycles. The molecule has 0 bridgehead atoms. The molecule has 78 valence electrons. The Bertz CT molecular complexity index is 423. The average molecular weight is 213 g/mol. The van der Waals surface area contributed by atoms with Gasteiger partial charge in [-0.2, -0.15) is 13.2 Å². The summed E-state index contributed by atoms with van der Waals surface area (Å²) in [6.07, 6.45) is -4.51. The van der Waals surface area contributed by atoms with Gasteiger partial charge in [-0.25, -0.2) is 0 Å². The number of carbonyl (C=O) groups is 1. The first kappa shape index (κ1) is 11.1. The van der Waals surface area contributed by atoms with Crippen LogP contribution in [0.25, 0.3) is 0 Å². The molecule has 0 unspecified atom stereocenters. The summed E-state index contributed by atoms with van der Waals surface area (Å²) in [5, 5.41) is 0. The molecule has 0 aliphatic carbocycles. The molecule has 0 heterocycles. The van der Waals surface area contributed by atoms with Crippen LogP contribution in [0.5, 0.6) is 0 Å². The lowest BCUT2D eigenvalue weighted by Crippen LogP contribution is -2.10. The zero-order valence-electron chi connectivity index (χ0n) is 7.43. The third-order valence-corrected chi connectivity index (χ3v) is 1.52. The van der Waals surface area contributed by atoms with Crippen LogP contribution in [0.3, 0.4) is 0 Å². The fourth-order valence-electron chi connectivity index (χ4n) is 0.861. The molecule has 1 aromatic carbocycles. The Hall–Kier alpha value is -1.96. The molecule has 0 atom stereocenters. The highest BCUT2D eigenvalue weighted by Gasteiger charge is 2.22. The average Bonchev–Trinajstić information content (AvgIpc) is 2.14. The van der Waals surface area contributed by atoms with Crippen LogP contribution in [0.4, 0.5) is 13.2 Å². The Balaban J connectivity index is 2.89. The summed E-state index contributed by atoms with van der Waals surface area (Å²) in [6.45, 7) is 0. The molecule has 15 heavy (non-hydrogen) atoms. The van der Waals surface area contributed by atoms with Crippen molar-refractivity contribution >= 4 is 5.91 Å². The monoisotopic (exact) mass is 213 g/mol. The molecule has 1 aromatic rings. The molecular formula is C10H6F3NO. The van der Waals surface area contributed by atoms with Crippen molar-refractivity contribution in [3.8, 4) is 11.8 Å². The lowest BCUT2D eigenvalue weighted by atomic mass is 10.1. The van der Waals surface area contributed by atoms with E-state index >= 15 is 0 Å². The summed E-state index contributed by atoms with van der Waals surface area (Å²) in [7, 11) is 0. The van der Waals surface area contributed by atoms with Gasteiger partial charge in [0, 0.05) is 17.0 Å². The van der Waals surface area contributed by atoms with Crippen LogP contribution in [0.15, 0.2) is 24.3 Å². The first-order valence-electron chi connectivity index (χ1n) is 3.88. The van der Waals surface area contributed by atoms with Crippen molar-refractivity contribution in [1.29, 1.82) is 0 Å². The van der Waals surface area contributed by atoms with E-state index < -0.39 is 12.1 Å². The quantitative estimate of drug-likeness (QED) is 0.709. The standard InChI is InChI=1S/C10H6F3NO/c11-10(12,13)6-5-7-1-3-8(4-2-7)9(14)15/h1-4H,(H2,14,15). The molecule has 0 fully saturated rings. The van der Waals surface area contributed by atoms with Gasteiger partial charge >= 0.3 is 6.18 Å². The Labute approximate surface area is 83.9 Å². The Kier molecular flexibility index (Phi) is 3.00. The van der Waals surface area contributed by atoms with Gasteiger partial charge in [0.15, 0.2) is 0 Å². The topological polar surface area (TPSA) is 43.1 Å². The summed E-state index contributed by atoms with van der Waals surface area (Å²) < 4.78 is 35.1. The van der Waals surface area contributed by atoms with E-state index in [1.807, 2.05) is 5.92 Å². The predicted octanol–water partition coefficient (Wildman–Crippen LogP) is 1.70. The van der Waals surface area contributed by atoms with Crippen LogP contribution in [-0.2, 0) is 0 Å². The lowest BCUT2D eigenvalue weighted by Gasteiger charge is -1.95. The normalized spacial score (nSPS) is 10.3. The van der Waals surface area contributed by atoms with E-state index in [0.717, 1.165) is 5.92 Å². The summed E-state index contributed by atoms with van der Waals surface area (Å²) in [5.74, 6) is 2.41. The van der Waals surface area contributed by atoms with Gasteiger partial charge in [0.25, 0.3) is 0 Å². The van der Waals surface area contributed by atoms with E-state index in [0.29, 0.717) is 0 Å². The molecule has 2 N–H and O–H groups in total. The molecule has 1 rings (SSSR count). The number of primary amides is 1. The number of rotatable bonds is 1. The summed E-state index contributed by atoms with van der Waals surface area (Å²) in [5.41, 5.74) is 5.36. The number of hydrogen-bond acceptors (Lipinski definition) is 1. The number of alkyl halides is 3. The molecular weight excluding hydrogens is 207 g/mol. The molecule has 2 nitrogen and oxygen atoms in total. The highest BCUT2D eigenvalue weighted by atomic mass is 19.4. The summed E-state index contributed by atoms with van der Waals surface area (Å²) >= 11 is 0. The molecule has 5 heteroatoms. The van der Waals surface area contributed by atoms with Gasteiger partial charge in [-0.3, -0.25) is 4.79 Å². The number of benzene rings is 1. The van der Waals surface area contributed by atoms with Crippen LogP contribution in [0, 0.1) is 11.8 Å². The fourth-order valence-corrected chi connectivity index (χ4v) is 0.861. The van der Waals surface area contributed by atoms with Gasteiger partial charge < -0.3 is 5.73 Å². The van der Waals surface area contributed by atoms with Crippen LogP contribution < -0.4 is 5.73 Å². The number of nitrogens with two attached hydrogens (primary N) is 1. The van der Waals surface area contributed by atoms with E-state index in [4.69, 9.17) is 5.73 Å². The zero-order valence-corrected chi connectivity index (χ0v) is 7.43. The van der Waals surface area contributed by atoms with E-state index in [2.05, 4.69) is 0 Å². The number of amides is 1. The Morgan fingerprint density at radius 2 is 1.73 bits per heavy atom. The van der Waals surface area contributed by atoms with Gasteiger partial charge in [0.1, 0.15) is 0 Å². The maximum absolute atomic E-state index is 11.7. The van der Waals surface area contributed by atoms with Crippen LogP contribution >= 0.6 is 0 Å². The second-order valence-corrected chi connectivity index (χ2v) is 2.69. The van der Waals surface area contributed by atoms with E-state index in [1.54, 1.807) is 0 Å². The Morgan fingerprint density at radius 1 is 1.20 bits per heavy atom.